The Kier molecular flexibility index (Phi) is 9.44. The number of ether oxygens (including phenoxy) is 1. The largest absolute Gasteiger partial charge is 0.496 e. The van der Waals surface area contributed by atoms with Crippen molar-refractivity contribution in [3.05, 3.63) is 83.2 Å². The summed E-state index contributed by atoms with van der Waals surface area (Å²) in [6, 6.07) is 15.2. The van der Waals surface area contributed by atoms with E-state index in [1.807, 2.05) is 49.4 Å². The number of carbonyl (C=O) groups excluding carboxylic acids is 1. The van der Waals surface area contributed by atoms with Crippen LogP contribution in [-0.2, 0) is 21.2 Å². The van der Waals surface area contributed by atoms with Crippen LogP contribution in [0.15, 0.2) is 65.8 Å². The van der Waals surface area contributed by atoms with Gasteiger partial charge in [0.05, 0.1) is 18.6 Å². The topological polar surface area (TPSA) is 109 Å². The molecule has 0 spiro atoms. The number of aromatic nitrogens is 1. The van der Waals surface area contributed by atoms with Gasteiger partial charge in [-0.25, -0.2) is 13.1 Å². The van der Waals surface area contributed by atoms with Gasteiger partial charge >= 0.3 is 0 Å². The zero-order valence-corrected chi connectivity index (χ0v) is 22.0. The van der Waals surface area contributed by atoms with E-state index in [2.05, 4.69) is 20.3 Å². The van der Waals surface area contributed by atoms with Crippen LogP contribution in [0.3, 0.4) is 0 Å². The molecule has 0 saturated heterocycles. The van der Waals surface area contributed by atoms with Crippen LogP contribution < -0.4 is 20.1 Å². The number of benzene rings is 2. The Balaban J connectivity index is 1.65. The van der Waals surface area contributed by atoms with E-state index >= 15 is 0 Å². The first-order valence-electron chi connectivity index (χ1n) is 11.8. The zero-order chi connectivity index (χ0) is 26.1. The highest BCUT2D eigenvalue weighted by molar-refractivity contribution is 7.89. The molecule has 0 fully saturated rings. The van der Waals surface area contributed by atoms with Gasteiger partial charge in [0.1, 0.15) is 5.75 Å². The maximum absolute atomic E-state index is 13.1. The van der Waals surface area contributed by atoms with Crippen molar-refractivity contribution in [1.82, 2.24) is 15.0 Å². The number of pyridine rings is 1. The summed E-state index contributed by atoms with van der Waals surface area (Å²) in [6.45, 7) is 5.56. The Hall–Kier alpha value is -3.43. The third-order valence-corrected chi connectivity index (χ3v) is 7.77. The number of sulfonamides is 1. The van der Waals surface area contributed by atoms with Gasteiger partial charge < -0.3 is 15.4 Å². The van der Waals surface area contributed by atoms with Crippen LogP contribution >= 0.6 is 0 Å². The zero-order valence-electron chi connectivity index (χ0n) is 21.2. The first-order chi connectivity index (χ1) is 17.2. The Morgan fingerprint density at radius 3 is 2.39 bits per heavy atom. The molecule has 192 valence electrons. The lowest BCUT2D eigenvalue weighted by Gasteiger charge is -2.20. The molecule has 1 aromatic heterocycles. The van der Waals surface area contributed by atoms with Crippen LogP contribution in [0.1, 0.15) is 28.7 Å². The van der Waals surface area contributed by atoms with Gasteiger partial charge in [-0.1, -0.05) is 30.3 Å². The van der Waals surface area contributed by atoms with Crippen molar-refractivity contribution in [2.24, 2.45) is 0 Å². The molecular weight excluding hydrogens is 476 g/mol. The van der Waals surface area contributed by atoms with E-state index < -0.39 is 10.0 Å². The minimum absolute atomic E-state index is 0.176. The van der Waals surface area contributed by atoms with Gasteiger partial charge in [0, 0.05) is 30.7 Å². The Morgan fingerprint density at radius 1 is 1.03 bits per heavy atom. The molecule has 9 heteroatoms. The highest BCUT2D eigenvalue weighted by Gasteiger charge is 2.24. The Bertz CT molecular complexity index is 1270. The average molecular weight is 511 g/mol. The molecule has 0 aliphatic rings. The molecule has 36 heavy (non-hydrogen) atoms. The molecule has 8 nitrogen and oxygen atoms in total. The van der Waals surface area contributed by atoms with Crippen molar-refractivity contribution in [1.29, 1.82) is 0 Å². The first-order valence-corrected chi connectivity index (χ1v) is 13.3. The molecule has 0 aliphatic heterocycles. The van der Waals surface area contributed by atoms with Crippen LogP contribution in [0.5, 0.6) is 5.75 Å². The summed E-state index contributed by atoms with van der Waals surface area (Å²) in [6.07, 6.45) is 4.72. The number of amides is 1. The standard InChI is InChI=1S/C27H34N4O4S/c1-19-16-25(35-4)20(2)21(3)27(19)36(33,34)30-18-26(32)31-24(17-22-8-6-5-7-9-22)12-15-29-23-10-13-28-14-11-23/h5-11,13-14,16,24,30H,12,15,17-18H2,1-4H3,(H,28,29)(H,31,32)/t24-/m1/s1. The molecule has 1 heterocycles. The maximum atomic E-state index is 13.1. The number of aryl methyl sites for hydroxylation is 1. The number of anilines is 1. The van der Waals surface area contributed by atoms with Crippen molar-refractivity contribution < 1.29 is 17.9 Å². The monoisotopic (exact) mass is 510 g/mol. The predicted molar refractivity (Wildman–Crippen MR) is 142 cm³/mol. The van der Waals surface area contributed by atoms with Gasteiger partial charge in [-0.15, -0.1) is 0 Å². The molecule has 1 atom stereocenters. The van der Waals surface area contributed by atoms with Crippen molar-refractivity contribution in [2.45, 2.75) is 44.6 Å². The summed E-state index contributed by atoms with van der Waals surface area (Å²) < 4.78 is 34.0. The second kappa shape index (κ2) is 12.5. The predicted octanol–water partition coefficient (Wildman–Crippen LogP) is 3.52. The molecule has 3 rings (SSSR count). The lowest BCUT2D eigenvalue weighted by Crippen LogP contribution is -2.43. The van der Waals surface area contributed by atoms with Crippen molar-refractivity contribution >= 4 is 21.6 Å². The van der Waals surface area contributed by atoms with Gasteiger partial charge in [0.15, 0.2) is 0 Å². The van der Waals surface area contributed by atoms with Crippen molar-refractivity contribution in [3.8, 4) is 5.75 Å². The summed E-state index contributed by atoms with van der Waals surface area (Å²) in [5.74, 6) is 0.245. The van der Waals surface area contributed by atoms with Gasteiger partial charge in [-0.05, 0) is 74.1 Å². The van der Waals surface area contributed by atoms with E-state index in [9.17, 15) is 13.2 Å². The van der Waals surface area contributed by atoms with Crippen LogP contribution in [0.25, 0.3) is 0 Å². The van der Waals surface area contributed by atoms with Gasteiger partial charge in [-0.3, -0.25) is 9.78 Å². The summed E-state index contributed by atoms with van der Waals surface area (Å²) >= 11 is 0. The van der Waals surface area contributed by atoms with E-state index in [0.717, 1.165) is 16.8 Å². The van der Waals surface area contributed by atoms with Crippen molar-refractivity contribution in [3.63, 3.8) is 0 Å². The quantitative estimate of drug-likeness (QED) is 0.344. The van der Waals surface area contributed by atoms with Crippen LogP contribution in [0.2, 0.25) is 0 Å². The molecule has 3 N–H and O–H groups in total. The van der Waals surface area contributed by atoms with Crippen LogP contribution in [0, 0.1) is 20.8 Å². The summed E-state index contributed by atoms with van der Waals surface area (Å²) in [4.78, 5) is 17.0. The molecular formula is C27H34N4O4S. The fraction of sp³-hybridized carbons (Fsp3) is 0.333. The molecule has 1 amide bonds. The second-order valence-corrected chi connectivity index (χ2v) is 10.4. The number of hydrogen-bond acceptors (Lipinski definition) is 6. The molecule has 0 bridgehead atoms. The summed E-state index contributed by atoms with van der Waals surface area (Å²) in [5.41, 5.74) is 3.95. The number of nitrogens with zero attached hydrogens (tertiary/aromatic N) is 1. The highest BCUT2D eigenvalue weighted by atomic mass is 32.2. The normalized spacial score (nSPS) is 12.1. The number of hydrogen-bond donors (Lipinski definition) is 3. The van der Waals surface area contributed by atoms with E-state index in [1.165, 1.54) is 0 Å². The SMILES string of the molecule is COc1cc(C)c(S(=O)(=O)NCC(=O)N[C@H](CCNc2ccncc2)Cc2ccccc2)c(C)c1C. The maximum Gasteiger partial charge on any atom is 0.241 e. The van der Waals surface area contributed by atoms with Gasteiger partial charge in [0.2, 0.25) is 15.9 Å². The van der Waals surface area contributed by atoms with Gasteiger partial charge in [0.25, 0.3) is 0 Å². The lowest BCUT2D eigenvalue weighted by molar-refractivity contribution is -0.120. The third kappa shape index (κ3) is 7.29. The fourth-order valence-electron chi connectivity index (χ4n) is 4.14. The van der Waals surface area contributed by atoms with E-state index in [-0.39, 0.29) is 23.4 Å². The smallest absolute Gasteiger partial charge is 0.241 e. The molecule has 0 radical (unpaired) electrons. The van der Waals surface area contributed by atoms with E-state index in [4.69, 9.17) is 4.74 Å². The van der Waals surface area contributed by atoms with E-state index in [0.29, 0.717) is 36.3 Å². The van der Waals surface area contributed by atoms with Crippen molar-refractivity contribution in [2.75, 3.05) is 25.5 Å². The average Bonchev–Trinajstić information content (AvgIpc) is 2.86. The number of nitrogens with one attached hydrogen (secondary N) is 3. The molecule has 0 unspecified atom stereocenters. The minimum Gasteiger partial charge on any atom is -0.496 e. The van der Waals surface area contributed by atoms with Gasteiger partial charge in [-0.2, -0.15) is 0 Å². The molecule has 3 aromatic rings. The Morgan fingerprint density at radius 2 is 1.72 bits per heavy atom. The van der Waals surface area contributed by atoms with E-state index in [1.54, 1.807) is 39.4 Å². The Labute approximate surface area is 213 Å². The number of carbonyl (C=O) groups is 1. The van der Waals surface area contributed by atoms with Crippen LogP contribution in [0.4, 0.5) is 5.69 Å². The fourth-order valence-corrected chi connectivity index (χ4v) is 5.65. The number of rotatable bonds is 12. The van der Waals surface area contributed by atoms with Crippen LogP contribution in [-0.4, -0.2) is 45.6 Å². The highest BCUT2D eigenvalue weighted by Crippen LogP contribution is 2.30. The summed E-state index contributed by atoms with van der Waals surface area (Å²) in [7, 11) is -2.34. The first kappa shape index (κ1) is 27.2. The molecule has 0 saturated carbocycles. The molecule has 0 aliphatic carbocycles. The second-order valence-electron chi connectivity index (χ2n) is 8.70. The molecule has 2 aromatic carbocycles. The third-order valence-electron chi connectivity index (χ3n) is 6.08. The lowest BCUT2D eigenvalue weighted by atomic mass is 10.0. The summed E-state index contributed by atoms with van der Waals surface area (Å²) in [5, 5.41) is 6.32. The minimum atomic E-state index is -3.90. The number of methoxy groups -OCH3 is 1.